The van der Waals surface area contributed by atoms with E-state index in [2.05, 4.69) is 25.7 Å². The molecular weight excluding hydrogens is 208 g/mol. The molecule has 2 aliphatic rings. The van der Waals surface area contributed by atoms with Crippen molar-refractivity contribution in [1.29, 1.82) is 0 Å². The van der Waals surface area contributed by atoms with Crippen molar-refractivity contribution >= 4 is 0 Å². The second kappa shape index (κ2) is 5.71. The number of rotatable bonds is 3. The molecule has 0 radical (unpaired) electrons. The van der Waals surface area contributed by atoms with Crippen LogP contribution in [0.15, 0.2) is 0 Å². The van der Waals surface area contributed by atoms with Gasteiger partial charge in [0.1, 0.15) is 0 Å². The van der Waals surface area contributed by atoms with Crippen molar-refractivity contribution in [3.05, 3.63) is 0 Å². The summed E-state index contributed by atoms with van der Waals surface area (Å²) in [5.41, 5.74) is 5.82. The third kappa shape index (κ3) is 3.03. The average Bonchev–Trinajstić information content (AvgIpc) is 2.71. The third-order valence-corrected chi connectivity index (χ3v) is 5.20. The molecule has 2 N–H and O–H groups in total. The maximum atomic E-state index is 5.82. The van der Waals surface area contributed by atoms with E-state index in [9.17, 15) is 0 Å². The zero-order chi connectivity index (χ0) is 12.4. The lowest BCUT2D eigenvalue weighted by Crippen LogP contribution is -2.41. The summed E-state index contributed by atoms with van der Waals surface area (Å²) in [5, 5.41) is 0. The molecule has 1 aliphatic heterocycles. The molecule has 0 amide bonds. The number of nitrogens with zero attached hydrogens (tertiary/aromatic N) is 1. The first-order valence-corrected chi connectivity index (χ1v) is 7.57. The molecule has 0 aromatic rings. The van der Waals surface area contributed by atoms with E-state index in [1.54, 1.807) is 0 Å². The third-order valence-electron chi connectivity index (χ3n) is 5.20. The Morgan fingerprint density at radius 2 is 1.82 bits per heavy atom. The second-order valence-electron chi connectivity index (χ2n) is 6.70. The van der Waals surface area contributed by atoms with Gasteiger partial charge in [-0.1, -0.05) is 13.8 Å². The molecule has 1 saturated heterocycles. The zero-order valence-electron chi connectivity index (χ0n) is 11.9. The maximum absolute atomic E-state index is 5.82. The highest BCUT2D eigenvalue weighted by atomic mass is 15.2. The van der Waals surface area contributed by atoms with Crippen LogP contribution in [0.5, 0.6) is 0 Å². The minimum Gasteiger partial charge on any atom is -0.330 e. The fourth-order valence-corrected chi connectivity index (χ4v) is 3.95. The fourth-order valence-electron chi connectivity index (χ4n) is 3.95. The summed E-state index contributed by atoms with van der Waals surface area (Å²) in [6.07, 6.45) is 7.05. The van der Waals surface area contributed by atoms with Crippen LogP contribution in [0, 0.1) is 17.8 Å². The molecule has 0 aromatic carbocycles. The van der Waals surface area contributed by atoms with Gasteiger partial charge in [0, 0.05) is 18.6 Å². The first-order chi connectivity index (χ1) is 8.11. The molecule has 2 atom stereocenters. The Bertz CT molecular complexity index is 231. The maximum Gasteiger partial charge on any atom is 0.00984 e. The van der Waals surface area contributed by atoms with Crippen LogP contribution in [-0.4, -0.2) is 30.1 Å². The quantitative estimate of drug-likeness (QED) is 0.819. The van der Waals surface area contributed by atoms with Crippen LogP contribution < -0.4 is 5.73 Å². The minimum absolute atomic E-state index is 0.757. The van der Waals surface area contributed by atoms with E-state index in [0.29, 0.717) is 0 Å². The van der Waals surface area contributed by atoms with Gasteiger partial charge in [0.05, 0.1) is 0 Å². The molecule has 17 heavy (non-hydrogen) atoms. The molecule has 1 aliphatic carbocycles. The molecule has 100 valence electrons. The van der Waals surface area contributed by atoms with Crippen molar-refractivity contribution in [2.24, 2.45) is 23.5 Å². The second-order valence-corrected chi connectivity index (χ2v) is 6.70. The molecule has 2 fully saturated rings. The smallest absolute Gasteiger partial charge is 0.00984 e. The molecular formula is C15H30N2. The highest BCUT2D eigenvalue weighted by molar-refractivity contribution is 4.90. The highest BCUT2D eigenvalue weighted by Gasteiger charge is 2.35. The molecule has 2 nitrogen and oxygen atoms in total. The van der Waals surface area contributed by atoms with E-state index >= 15 is 0 Å². The van der Waals surface area contributed by atoms with Gasteiger partial charge < -0.3 is 5.73 Å². The number of likely N-dealkylation sites (tertiary alicyclic amines) is 1. The van der Waals surface area contributed by atoms with E-state index in [1.807, 2.05) is 0 Å². The highest BCUT2D eigenvalue weighted by Crippen LogP contribution is 2.35. The summed E-state index contributed by atoms with van der Waals surface area (Å²) in [5.74, 6) is 2.62. The fraction of sp³-hybridized carbons (Fsp3) is 1.00. The van der Waals surface area contributed by atoms with Crippen LogP contribution in [0.2, 0.25) is 0 Å². The SMILES string of the molecule is CC(C)C1CCC(N2CC(CN)CC2C)CC1. The monoisotopic (exact) mass is 238 g/mol. The van der Waals surface area contributed by atoms with Gasteiger partial charge in [0.15, 0.2) is 0 Å². The summed E-state index contributed by atoms with van der Waals surface area (Å²) in [6, 6.07) is 1.63. The summed E-state index contributed by atoms with van der Waals surface area (Å²) in [4.78, 5) is 2.76. The van der Waals surface area contributed by atoms with Gasteiger partial charge in [-0.25, -0.2) is 0 Å². The Morgan fingerprint density at radius 1 is 1.18 bits per heavy atom. The Kier molecular flexibility index (Phi) is 4.48. The number of nitrogens with two attached hydrogens (primary N) is 1. The summed E-state index contributed by atoms with van der Waals surface area (Å²) in [7, 11) is 0. The van der Waals surface area contributed by atoms with Gasteiger partial charge in [-0.3, -0.25) is 4.90 Å². The van der Waals surface area contributed by atoms with Gasteiger partial charge in [-0.15, -0.1) is 0 Å². The van der Waals surface area contributed by atoms with Gasteiger partial charge in [-0.2, -0.15) is 0 Å². The summed E-state index contributed by atoms with van der Waals surface area (Å²) < 4.78 is 0. The standard InChI is InChI=1S/C15H30N2/c1-11(2)14-4-6-15(7-5-14)17-10-13(9-16)8-12(17)3/h11-15H,4-10,16H2,1-3H3. The normalized spacial score (nSPS) is 40.1. The van der Waals surface area contributed by atoms with Crippen molar-refractivity contribution in [2.45, 2.75) is 65.0 Å². The predicted octanol–water partition coefficient (Wildman–Crippen LogP) is 2.87. The molecule has 0 aromatic heterocycles. The lowest BCUT2D eigenvalue weighted by Gasteiger charge is -2.38. The van der Waals surface area contributed by atoms with Gasteiger partial charge >= 0.3 is 0 Å². The van der Waals surface area contributed by atoms with Crippen LogP contribution in [0.3, 0.4) is 0 Å². The van der Waals surface area contributed by atoms with Crippen molar-refractivity contribution in [2.75, 3.05) is 13.1 Å². The van der Waals surface area contributed by atoms with E-state index in [0.717, 1.165) is 36.4 Å². The van der Waals surface area contributed by atoms with Crippen molar-refractivity contribution in [3.63, 3.8) is 0 Å². The van der Waals surface area contributed by atoms with Gasteiger partial charge in [0.2, 0.25) is 0 Å². The predicted molar refractivity (Wildman–Crippen MR) is 73.9 cm³/mol. The number of hydrogen-bond acceptors (Lipinski definition) is 2. The van der Waals surface area contributed by atoms with Crippen molar-refractivity contribution < 1.29 is 0 Å². The largest absolute Gasteiger partial charge is 0.330 e. The molecule has 0 spiro atoms. The van der Waals surface area contributed by atoms with E-state index in [1.165, 1.54) is 38.6 Å². The molecule has 0 bridgehead atoms. The lowest BCUT2D eigenvalue weighted by atomic mass is 9.79. The van der Waals surface area contributed by atoms with E-state index in [-0.39, 0.29) is 0 Å². The van der Waals surface area contributed by atoms with Crippen LogP contribution in [0.1, 0.15) is 52.9 Å². The van der Waals surface area contributed by atoms with E-state index < -0.39 is 0 Å². The number of hydrogen-bond donors (Lipinski definition) is 1. The average molecular weight is 238 g/mol. The lowest BCUT2D eigenvalue weighted by molar-refractivity contribution is 0.116. The van der Waals surface area contributed by atoms with Crippen LogP contribution >= 0.6 is 0 Å². The summed E-state index contributed by atoms with van der Waals surface area (Å²) >= 11 is 0. The Hall–Kier alpha value is -0.0800. The summed E-state index contributed by atoms with van der Waals surface area (Å²) in [6.45, 7) is 9.29. The Balaban J connectivity index is 1.84. The van der Waals surface area contributed by atoms with Crippen LogP contribution in [0.4, 0.5) is 0 Å². The van der Waals surface area contributed by atoms with Crippen LogP contribution in [0.25, 0.3) is 0 Å². The Morgan fingerprint density at radius 3 is 2.29 bits per heavy atom. The van der Waals surface area contributed by atoms with Crippen molar-refractivity contribution in [1.82, 2.24) is 4.90 Å². The first-order valence-electron chi connectivity index (χ1n) is 7.57. The Labute approximate surface area is 107 Å². The molecule has 1 saturated carbocycles. The molecule has 2 unspecified atom stereocenters. The molecule has 2 rings (SSSR count). The zero-order valence-corrected chi connectivity index (χ0v) is 11.9. The first kappa shape index (κ1) is 13.4. The van der Waals surface area contributed by atoms with Crippen LogP contribution in [-0.2, 0) is 0 Å². The van der Waals surface area contributed by atoms with E-state index in [4.69, 9.17) is 5.73 Å². The molecule has 2 heteroatoms. The van der Waals surface area contributed by atoms with Gasteiger partial charge in [0.25, 0.3) is 0 Å². The van der Waals surface area contributed by atoms with Gasteiger partial charge in [-0.05, 0) is 63.3 Å². The topological polar surface area (TPSA) is 29.3 Å². The minimum atomic E-state index is 0.757. The van der Waals surface area contributed by atoms with Crippen molar-refractivity contribution in [3.8, 4) is 0 Å². The molecule has 1 heterocycles.